The van der Waals surface area contributed by atoms with Gasteiger partial charge in [0.05, 0.1) is 0 Å². The Morgan fingerprint density at radius 3 is 1.62 bits per heavy atom. The van der Waals surface area contributed by atoms with Crippen molar-refractivity contribution in [1.29, 1.82) is 0 Å². The van der Waals surface area contributed by atoms with E-state index < -0.39 is 8.07 Å². The molecule has 12 aromatic rings. The van der Waals surface area contributed by atoms with Gasteiger partial charge in [0.25, 0.3) is 0 Å². The Kier molecular flexibility index (Phi) is 9.51. The van der Waals surface area contributed by atoms with E-state index in [1.54, 1.807) is 0 Å². The lowest BCUT2D eigenvalue weighted by atomic mass is 9.98. The average molecular weight is 885 g/mol. The van der Waals surface area contributed by atoms with Crippen LogP contribution in [0, 0.1) is 0 Å². The molecule has 0 aliphatic carbocycles. The van der Waals surface area contributed by atoms with Crippen LogP contribution in [0.15, 0.2) is 271 Å². The van der Waals surface area contributed by atoms with Gasteiger partial charge in [-0.2, -0.15) is 0 Å². The summed E-state index contributed by atoms with van der Waals surface area (Å²) in [5, 5.41) is 10.2. The van der Waals surface area contributed by atoms with Gasteiger partial charge < -0.3 is 14.2 Å². The average Bonchev–Trinajstić information content (AvgIpc) is 3.78. The van der Waals surface area contributed by atoms with Crippen LogP contribution in [-0.2, 0) is 0 Å². The summed E-state index contributed by atoms with van der Waals surface area (Å²) in [5.74, 6) is 0. The third kappa shape index (κ3) is 6.41. The van der Waals surface area contributed by atoms with Gasteiger partial charge in [-0.25, -0.2) is 0 Å². The molecule has 0 amide bonds. The number of hydrogen-bond acceptors (Lipinski definition) is 3. The number of benzene rings is 11. The van der Waals surface area contributed by atoms with E-state index in [-0.39, 0.29) is 0 Å². The molecule has 0 N–H and O–H groups in total. The highest BCUT2D eigenvalue weighted by molar-refractivity contribution is 7.21. The molecule has 0 saturated heterocycles. The zero-order valence-electron chi connectivity index (χ0n) is 37.2. The number of hydrogen-bond donors (Lipinski definition) is 0. The van der Waals surface area contributed by atoms with Crippen LogP contribution < -0.4 is 30.5 Å². The first-order valence-electron chi connectivity index (χ1n) is 23.3. The number of rotatable bonds is 8. The fraction of sp³-hybridized carbons (Fsp3) is 0. The van der Waals surface area contributed by atoms with Crippen molar-refractivity contribution in [3.8, 4) is 22.3 Å². The number of anilines is 6. The summed E-state index contributed by atoms with van der Waals surface area (Å²) in [7, 11) is -2.80. The minimum Gasteiger partial charge on any atom is -0.456 e. The molecule has 0 fully saturated rings. The number of fused-ring (bicyclic) bond motifs is 6. The molecule has 4 heteroatoms. The molecule has 13 rings (SSSR count). The molecule has 0 atom stereocenters. The van der Waals surface area contributed by atoms with E-state index in [9.17, 15) is 0 Å². The second-order valence-corrected chi connectivity index (χ2v) is 21.4. The van der Waals surface area contributed by atoms with Gasteiger partial charge in [0.15, 0.2) is 8.07 Å². The van der Waals surface area contributed by atoms with Crippen molar-refractivity contribution in [3.63, 3.8) is 0 Å². The zero-order valence-corrected chi connectivity index (χ0v) is 38.2. The molecule has 1 aromatic heterocycles. The van der Waals surface area contributed by atoms with E-state index in [1.807, 2.05) is 0 Å². The van der Waals surface area contributed by atoms with Crippen LogP contribution in [0.1, 0.15) is 0 Å². The summed E-state index contributed by atoms with van der Waals surface area (Å²) in [6.07, 6.45) is 0. The first kappa shape index (κ1) is 39.6. The monoisotopic (exact) mass is 884 g/mol. The van der Waals surface area contributed by atoms with Gasteiger partial charge in [-0.1, -0.05) is 188 Å². The van der Waals surface area contributed by atoms with E-state index in [4.69, 9.17) is 4.42 Å². The molecular formula is C64H44N2OSi. The molecule has 320 valence electrons. The van der Waals surface area contributed by atoms with Crippen molar-refractivity contribution in [2.24, 2.45) is 0 Å². The molecule has 0 bridgehead atoms. The number of nitrogens with zero attached hydrogens (tertiary/aromatic N) is 2. The van der Waals surface area contributed by atoms with Crippen LogP contribution in [0.2, 0.25) is 0 Å². The van der Waals surface area contributed by atoms with Crippen molar-refractivity contribution in [2.45, 2.75) is 0 Å². The third-order valence-electron chi connectivity index (χ3n) is 13.9. The highest BCUT2D eigenvalue weighted by Gasteiger charge is 2.48. The van der Waals surface area contributed by atoms with E-state index in [0.717, 1.165) is 55.8 Å². The molecule has 1 aliphatic rings. The normalized spacial score (nSPS) is 12.8. The van der Waals surface area contributed by atoms with Gasteiger partial charge >= 0.3 is 0 Å². The lowest BCUT2D eigenvalue weighted by molar-refractivity contribution is 0.669. The van der Waals surface area contributed by atoms with E-state index in [0.29, 0.717) is 0 Å². The van der Waals surface area contributed by atoms with E-state index in [1.165, 1.54) is 54.0 Å². The van der Waals surface area contributed by atoms with Crippen molar-refractivity contribution >= 4 is 95.7 Å². The molecule has 0 saturated carbocycles. The summed E-state index contributed by atoms with van der Waals surface area (Å²) < 4.78 is 6.86. The van der Waals surface area contributed by atoms with Crippen LogP contribution in [0.4, 0.5) is 34.1 Å². The lowest BCUT2D eigenvalue weighted by Gasteiger charge is -2.45. The maximum atomic E-state index is 6.86. The smallest absolute Gasteiger partial charge is 0.184 e. The largest absolute Gasteiger partial charge is 0.456 e. The first-order valence-corrected chi connectivity index (χ1v) is 25.3. The summed E-state index contributed by atoms with van der Waals surface area (Å²) >= 11 is 0. The zero-order chi connectivity index (χ0) is 45.0. The molecule has 0 spiro atoms. The molecule has 1 aliphatic heterocycles. The molecule has 3 nitrogen and oxygen atoms in total. The van der Waals surface area contributed by atoms with E-state index >= 15 is 0 Å². The maximum Gasteiger partial charge on any atom is 0.184 e. The van der Waals surface area contributed by atoms with Gasteiger partial charge in [0.2, 0.25) is 0 Å². The van der Waals surface area contributed by atoms with Crippen LogP contribution in [0.25, 0.3) is 55.0 Å². The summed E-state index contributed by atoms with van der Waals surface area (Å²) in [4.78, 5) is 4.78. The Labute approximate surface area is 397 Å². The van der Waals surface area contributed by atoms with Gasteiger partial charge in [-0.3, -0.25) is 0 Å². The summed E-state index contributed by atoms with van der Waals surface area (Å²) in [6.45, 7) is 0. The molecule has 68 heavy (non-hydrogen) atoms. The minimum absolute atomic E-state index is 0.849. The Bertz CT molecular complexity index is 3750. The Morgan fingerprint density at radius 1 is 0.338 bits per heavy atom. The predicted molar refractivity (Wildman–Crippen MR) is 289 cm³/mol. The molecule has 2 heterocycles. The lowest BCUT2D eigenvalue weighted by Crippen LogP contribution is -2.77. The van der Waals surface area contributed by atoms with Crippen molar-refractivity contribution in [2.75, 3.05) is 9.80 Å². The van der Waals surface area contributed by atoms with Crippen molar-refractivity contribution in [3.05, 3.63) is 267 Å². The highest BCUT2D eigenvalue weighted by atomic mass is 28.3. The fourth-order valence-corrected chi connectivity index (χ4v) is 15.9. The topological polar surface area (TPSA) is 19.6 Å². The number of furan rings is 1. The van der Waals surface area contributed by atoms with Gasteiger partial charge in [0, 0.05) is 51.0 Å². The van der Waals surface area contributed by atoms with Crippen LogP contribution in [-0.4, -0.2) is 8.07 Å². The van der Waals surface area contributed by atoms with E-state index in [2.05, 4.69) is 277 Å². The van der Waals surface area contributed by atoms with Gasteiger partial charge in [-0.15, -0.1) is 0 Å². The standard InChI is InChI=1S/C64H44N2OSi/c1-5-20-49(21-6-1)65(51-36-32-46(33-37-51)56-29-17-19-45-18-13-14-28-55(45)56)52-38-40-58-57-39-34-48(43-61(57)67-62(58)44-52)47-35-41-64-60(42-47)66(50-22-7-2-8-23-50)59-30-15-16-31-63(59)68(64,53-24-9-3-10-25-53)54-26-11-4-12-27-54/h1-44H. The highest BCUT2D eigenvalue weighted by Crippen LogP contribution is 2.43. The Balaban J connectivity index is 0.928. The van der Waals surface area contributed by atoms with Crippen LogP contribution >= 0.6 is 0 Å². The number of para-hydroxylation sites is 3. The molecule has 11 aromatic carbocycles. The first-order chi connectivity index (χ1) is 33.7. The second-order valence-electron chi connectivity index (χ2n) is 17.6. The quantitative estimate of drug-likeness (QED) is 0.142. The molecule has 0 unspecified atom stereocenters. The van der Waals surface area contributed by atoms with Crippen molar-refractivity contribution < 1.29 is 4.42 Å². The Hall–Kier alpha value is -8.70. The minimum atomic E-state index is -2.80. The van der Waals surface area contributed by atoms with Gasteiger partial charge in [-0.05, 0) is 127 Å². The second kappa shape index (κ2) is 16.3. The fourth-order valence-electron chi connectivity index (χ4n) is 10.9. The third-order valence-corrected chi connectivity index (χ3v) is 18.8. The van der Waals surface area contributed by atoms with Gasteiger partial charge in [0.1, 0.15) is 11.2 Å². The summed E-state index contributed by atoms with van der Waals surface area (Å²) in [6, 6.07) is 97.4. The predicted octanol–water partition coefficient (Wildman–Crippen LogP) is 14.7. The maximum absolute atomic E-state index is 6.86. The van der Waals surface area contributed by atoms with Crippen LogP contribution in [0.5, 0.6) is 0 Å². The molecular weight excluding hydrogens is 841 g/mol. The summed E-state index contributed by atoms with van der Waals surface area (Å²) in [5.41, 5.74) is 13.1. The Morgan fingerprint density at radius 2 is 0.868 bits per heavy atom. The SMILES string of the molecule is c1ccc(N(c2ccc(-c3cccc4ccccc34)cc2)c2ccc3c(c2)oc2cc(-c4ccc5c(c4)N(c4ccccc4)c4ccccc4[Si]5(c4ccccc4)c4ccccc4)ccc23)cc1. The molecule has 0 radical (unpaired) electrons. The van der Waals surface area contributed by atoms with Crippen molar-refractivity contribution in [1.82, 2.24) is 0 Å². The van der Waals surface area contributed by atoms with Crippen LogP contribution in [0.3, 0.4) is 0 Å².